The van der Waals surface area contributed by atoms with Crippen LogP contribution >= 0.6 is 11.6 Å². The third kappa shape index (κ3) is 4.96. The largest absolute Gasteiger partial charge is 0.355 e. The molecule has 0 atom stereocenters. The number of pyridine rings is 2. The molecule has 1 spiro atoms. The number of rotatable bonds is 6. The molecular formula is C29H27ClF3N5O3. The number of carbonyl (C=O) groups is 2. The number of hydrogen-bond acceptors (Lipinski definition) is 5. The fourth-order valence-electron chi connectivity index (χ4n) is 6.32. The Bertz CT molecular complexity index is 1570. The number of benzene rings is 1. The molecule has 3 aliphatic rings. The van der Waals surface area contributed by atoms with E-state index in [9.17, 15) is 27.6 Å². The molecule has 1 aromatic carbocycles. The number of carbonyl (C=O) groups excluding carboxylic acids is 2. The summed E-state index contributed by atoms with van der Waals surface area (Å²) in [5.74, 6) is -0.408. The number of anilines is 2. The Kier molecular flexibility index (Phi) is 7.01. The number of fused-ring (bicyclic) bond motifs is 2. The fraction of sp³-hybridized carbons (Fsp3) is 0.379. The number of aromatic nitrogens is 2. The van der Waals surface area contributed by atoms with Gasteiger partial charge >= 0.3 is 0 Å². The van der Waals surface area contributed by atoms with E-state index in [1.54, 1.807) is 23.1 Å². The Hall–Kier alpha value is -3.86. The molecule has 1 saturated heterocycles. The van der Waals surface area contributed by atoms with Crippen LogP contribution in [0.15, 0.2) is 53.5 Å². The minimum atomic E-state index is -2.91. The van der Waals surface area contributed by atoms with Gasteiger partial charge in [-0.1, -0.05) is 23.7 Å². The summed E-state index contributed by atoms with van der Waals surface area (Å²) in [4.78, 5) is 48.4. The van der Waals surface area contributed by atoms with E-state index in [1.165, 1.54) is 24.3 Å². The van der Waals surface area contributed by atoms with Gasteiger partial charge in [0.1, 0.15) is 22.7 Å². The second-order valence-corrected chi connectivity index (χ2v) is 11.4. The molecule has 8 nitrogen and oxygen atoms in total. The number of alkyl halides is 2. The van der Waals surface area contributed by atoms with Crippen molar-refractivity contribution in [1.29, 1.82) is 0 Å². The molecule has 0 bridgehead atoms. The van der Waals surface area contributed by atoms with E-state index in [-0.39, 0.29) is 34.0 Å². The van der Waals surface area contributed by atoms with E-state index in [0.29, 0.717) is 56.8 Å². The number of nitrogens with zero attached hydrogens (tertiary/aromatic N) is 3. The van der Waals surface area contributed by atoms with Gasteiger partial charge in [0, 0.05) is 37.9 Å². The highest BCUT2D eigenvalue weighted by Crippen LogP contribution is 2.49. The van der Waals surface area contributed by atoms with Gasteiger partial charge in [-0.15, -0.1) is 0 Å². The molecule has 41 heavy (non-hydrogen) atoms. The van der Waals surface area contributed by atoms with Crippen LogP contribution in [0.5, 0.6) is 0 Å². The molecule has 6 rings (SSSR count). The van der Waals surface area contributed by atoms with Crippen LogP contribution in [0.25, 0.3) is 0 Å². The van der Waals surface area contributed by atoms with Crippen molar-refractivity contribution in [3.05, 3.63) is 86.7 Å². The lowest BCUT2D eigenvalue weighted by molar-refractivity contribution is -0.124. The van der Waals surface area contributed by atoms with Crippen LogP contribution in [0.2, 0.25) is 5.02 Å². The van der Waals surface area contributed by atoms with E-state index in [2.05, 4.69) is 15.3 Å². The topological polar surface area (TPSA) is 98.4 Å². The quantitative estimate of drug-likeness (QED) is 0.441. The van der Waals surface area contributed by atoms with Crippen LogP contribution in [0.4, 0.5) is 24.7 Å². The number of nitrogens with one attached hydrogen (secondary N) is 2. The van der Waals surface area contributed by atoms with Gasteiger partial charge in [-0.2, -0.15) is 0 Å². The Balaban J connectivity index is 1.12. The molecule has 2 N–H and O–H groups in total. The smallest absolute Gasteiger partial charge is 0.281 e. The van der Waals surface area contributed by atoms with Crippen LogP contribution in [-0.2, 0) is 10.2 Å². The molecule has 4 heterocycles. The minimum absolute atomic E-state index is 0.0870. The maximum atomic E-state index is 14.3. The van der Waals surface area contributed by atoms with Gasteiger partial charge in [0.25, 0.3) is 12.3 Å². The zero-order valence-corrected chi connectivity index (χ0v) is 22.6. The first kappa shape index (κ1) is 27.3. The molecule has 214 valence electrons. The Morgan fingerprint density at radius 3 is 2.59 bits per heavy atom. The van der Waals surface area contributed by atoms with Crippen LogP contribution in [0.1, 0.15) is 53.7 Å². The SMILES string of the molecule is O=C(N[C@H]1CC[C@H](CN2C(=O)C3(CN(c4cccc(=O)[nH]4)C3)c3ccc(F)cc32)CC1)c1cc(Cl)cnc1C(F)F. The monoisotopic (exact) mass is 585 g/mol. The third-order valence-corrected chi connectivity index (χ3v) is 8.60. The Morgan fingerprint density at radius 1 is 1.12 bits per heavy atom. The fourth-order valence-corrected chi connectivity index (χ4v) is 6.47. The van der Waals surface area contributed by atoms with Gasteiger partial charge in [0.2, 0.25) is 11.5 Å². The van der Waals surface area contributed by atoms with E-state index in [0.717, 1.165) is 11.8 Å². The number of amides is 2. The normalized spacial score (nSPS) is 21.2. The number of aromatic amines is 1. The highest BCUT2D eigenvalue weighted by Gasteiger charge is 2.58. The lowest BCUT2D eigenvalue weighted by atomic mass is 9.74. The summed E-state index contributed by atoms with van der Waals surface area (Å²) in [6.07, 6.45) is 0.774. The van der Waals surface area contributed by atoms with Crippen LogP contribution in [0, 0.1) is 11.7 Å². The molecule has 12 heteroatoms. The summed E-state index contributed by atoms with van der Waals surface area (Å²) in [6, 6.07) is 10.3. The second kappa shape index (κ2) is 10.5. The molecule has 1 aliphatic carbocycles. The molecule has 1 saturated carbocycles. The zero-order chi connectivity index (χ0) is 28.9. The molecule has 2 aromatic heterocycles. The maximum absolute atomic E-state index is 14.3. The van der Waals surface area contributed by atoms with E-state index in [1.807, 2.05) is 4.90 Å². The zero-order valence-electron chi connectivity index (χ0n) is 21.9. The molecule has 2 amide bonds. The first-order chi connectivity index (χ1) is 19.6. The average Bonchev–Trinajstić information content (AvgIpc) is 3.15. The van der Waals surface area contributed by atoms with Crippen molar-refractivity contribution >= 4 is 34.9 Å². The molecular weight excluding hydrogens is 559 g/mol. The molecule has 2 fully saturated rings. The molecule has 3 aromatic rings. The van der Waals surface area contributed by atoms with Crippen molar-refractivity contribution in [2.75, 3.05) is 29.4 Å². The summed E-state index contributed by atoms with van der Waals surface area (Å²) < 4.78 is 41.0. The number of halogens is 4. The van der Waals surface area contributed by atoms with Crippen molar-refractivity contribution in [3.63, 3.8) is 0 Å². The molecule has 0 radical (unpaired) electrons. The summed E-state index contributed by atoms with van der Waals surface area (Å²) in [5.41, 5.74) is -0.537. The minimum Gasteiger partial charge on any atom is -0.355 e. The van der Waals surface area contributed by atoms with Gasteiger partial charge in [-0.05, 0) is 61.4 Å². The van der Waals surface area contributed by atoms with Crippen LogP contribution in [0.3, 0.4) is 0 Å². The maximum Gasteiger partial charge on any atom is 0.281 e. The predicted octanol–water partition coefficient (Wildman–Crippen LogP) is 4.59. The van der Waals surface area contributed by atoms with Crippen molar-refractivity contribution in [1.82, 2.24) is 15.3 Å². The highest BCUT2D eigenvalue weighted by atomic mass is 35.5. The van der Waals surface area contributed by atoms with Crippen molar-refractivity contribution in [2.24, 2.45) is 5.92 Å². The lowest BCUT2D eigenvalue weighted by Crippen LogP contribution is -2.64. The number of hydrogen-bond donors (Lipinski definition) is 2. The van der Waals surface area contributed by atoms with Gasteiger partial charge in [-0.3, -0.25) is 19.4 Å². The second-order valence-electron chi connectivity index (χ2n) is 11.0. The third-order valence-electron chi connectivity index (χ3n) is 8.40. The standard InChI is InChI=1S/C29H27ClF3N5O3/c30-17-10-20(25(26(32)33)34-12-17)27(40)35-19-7-4-16(5-8-19)13-38-22-11-18(31)6-9-21(22)29(28(38)41)14-37(15-29)23-2-1-3-24(39)36-23/h1-3,6,9-12,16,19,26H,4-5,7-8,13-15H2,(H,35,40)(H,36,39)/t16-,19-. The average molecular weight is 586 g/mol. The van der Waals surface area contributed by atoms with E-state index in [4.69, 9.17) is 11.6 Å². The Morgan fingerprint density at radius 2 is 1.88 bits per heavy atom. The summed E-state index contributed by atoms with van der Waals surface area (Å²) in [6.45, 7) is 1.16. The summed E-state index contributed by atoms with van der Waals surface area (Å²) in [5, 5.41) is 2.92. The first-order valence-electron chi connectivity index (χ1n) is 13.5. The highest BCUT2D eigenvalue weighted by molar-refractivity contribution is 6.30. The van der Waals surface area contributed by atoms with E-state index < -0.39 is 29.3 Å². The van der Waals surface area contributed by atoms with Gasteiger partial charge < -0.3 is 20.1 Å². The molecule has 2 aliphatic heterocycles. The van der Waals surface area contributed by atoms with Crippen LogP contribution in [-0.4, -0.2) is 47.5 Å². The van der Waals surface area contributed by atoms with Crippen molar-refractivity contribution in [3.8, 4) is 0 Å². The first-order valence-corrected chi connectivity index (χ1v) is 13.8. The van der Waals surface area contributed by atoms with E-state index >= 15 is 0 Å². The number of H-pyrrole nitrogens is 1. The Labute approximate surface area is 238 Å². The van der Waals surface area contributed by atoms with Gasteiger partial charge in [0.05, 0.1) is 16.3 Å². The molecule has 0 unspecified atom stereocenters. The van der Waals surface area contributed by atoms with Crippen LogP contribution < -0.4 is 20.7 Å². The van der Waals surface area contributed by atoms with Gasteiger partial charge in [0.15, 0.2) is 0 Å². The summed E-state index contributed by atoms with van der Waals surface area (Å²) >= 11 is 5.89. The predicted molar refractivity (Wildman–Crippen MR) is 147 cm³/mol. The van der Waals surface area contributed by atoms with Crippen molar-refractivity contribution < 1.29 is 22.8 Å². The lowest BCUT2D eigenvalue weighted by Gasteiger charge is -2.47. The van der Waals surface area contributed by atoms with Crippen molar-refractivity contribution in [2.45, 2.75) is 43.6 Å². The summed E-state index contributed by atoms with van der Waals surface area (Å²) in [7, 11) is 0. The van der Waals surface area contributed by atoms with Gasteiger partial charge in [-0.25, -0.2) is 13.2 Å².